The van der Waals surface area contributed by atoms with Gasteiger partial charge in [-0.25, -0.2) is 0 Å². The largest absolute Gasteiger partial charge is 0.473 e. The van der Waals surface area contributed by atoms with Gasteiger partial charge in [-0.15, -0.1) is 0 Å². The molecule has 262 valence electrons. The Morgan fingerprint density at radius 1 is 0.792 bits per heavy atom. The first kappa shape index (κ1) is 34.9. The van der Waals surface area contributed by atoms with Crippen molar-refractivity contribution in [3.05, 3.63) is 48.3 Å². The standard InChI is InChI=1S/C34H44N2O10S2/c1-3-5-7-9-23(37)15-27(39)45-25-11-13-43-19-21-17-33-32(42)36-30-22(18-34(36,48-47-33)31(41)35(33)29(21)25)20-44-14-12-26(30)46-28(40)16-24(38)10-8-6-4-2/h11-14,19-20,23-26,29-30,37-38H,3-10,15-18H2,1-2H3. The summed E-state index contributed by atoms with van der Waals surface area (Å²) >= 11 is 0. The molecule has 2 spiro atoms. The summed E-state index contributed by atoms with van der Waals surface area (Å²) in [6, 6.07) is -1.57. The molecule has 8 atom stereocenters. The molecule has 2 N–H and O–H groups in total. The van der Waals surface area contributed by atoms with E-state index < -0.39 is 58.2 Å². The van der Waals surface area contributed by atoms with Crippen molar-refractivity contribution in [2.45, 2.75) is 137 Å². The Hall–Kier alpha value is -2.94. The van der Waals surface area contributed by atoms with Gasteiger partial charge in [0.2, 0.25) is 0 Å². The molecule has 0 aromatic carbocycles. The fourth-order valence-electron chi connectivity index (χ4n) is 7.48. The molecule has 0 aromatic heterocycles. The third-order valence-corrected chi connectivity index (χ3v) is 13.4. The number of hydrogen-bond donors (Lipinski definition) is 2. The average molecular weight is 705 g/mol. The van der Waals surface area contributed by atoms with E-state index in [1.807, 2.05) is 0 Å². The van der Waals surface area contributed by atoms with Crippen molar-refractivity contribution >= 4 is 45.3 Å². The van der Waals surface area contributed by atoms with E-state index in [4.69, 9.17) is 18.9 Å². The van der Waals surface area contributed by atoms with Gasteiger partial charge in [0.25, 0.3) is 11.8 Å². The van der Waals surface area contributed by atoms with Gasteiger partial charge in [0, 0.05) is 12.8 Å². The van der Waals surface area contributed by atoms with Crippen LogP contribution in [-0.2, 0) is 38.1 Å². The molecule has 7 aliphatic rings. The lowest BCUT2D eigenvalue weighted by atomic mass is 10.0. The molecule has 2 bridgehead atoms. The van der Waals surface area contributed by atoms with Crippen molar-refractivity contribution < 1.29 is 48.3 Å². The summed E-state index contributed by atoms with van der Waals surface area (Å²) in [7, 11) is 2.62. The number of rotatable bonds is 14. The van der Waals surface area contributed by atoms with Crippen molar-refractivity contribution in [1.29, 1.82) is 0 Å². The Labute approximate surface area is 288 Å². The van der Waals surface area contributed by atoms with Crippen molar-refractivity contribution in [2.75, 3.05) is 0 Å². The lowest BCUT2D eigenvalue weighted by Crippen LogP contribution is -2.77. The molecule has 8 unspecified atom stereocenters. The van der Waals surface area contributed by atoms with Gasteiger partial charge >= 0.3 is 11.9 Å². The SMILES string of the molecule is CCCCCC(O)CC(=O)OC1C=COC=C2CC34SSC5(CC6=COC=CC(OC(=O)CC(O)CCCCC)C6N5C3=O)C(=O)N4C21. The number of aliphatic hydroxyl groups is 2. The van der Waals surface area contributed by atoms with Gasteiger partial charge < -0.3 is 39.0 Å². The van der Waals surface area contributed by atoms with Crippen LogP contribution in [0.1, 0.15) is 90.9 Å². The van der Waals surface area contributed by atoms with Crippen LogP contribution in [0, 0.1) is 0 Å². The Balaban J connectivity index is 1.23. The van der Waals surface area contributed by atoms with Crippen LogP contribution in [0.15, 0.2) is 48.3 Å². The molecular formula is C34H44N2O10S2. The zero-order chi connectivity index (χ0) is 34.1. The van der Waals surface area contributed by atoms with E-state index >= 15 is 0 Å². The lowest BCUT2D eigenvalue weighted by molar-refractivity contribution is -0.172. The number of hydrogen-bond acceptors (Lipinski definition) is 12. The number of amides is 2. The molecule has 12 nitrogen and oxygen atoms in total. The molecule has 2 amide bonds. The highest BCUT2D eigenvalue weighted by molar-refractivity contribution is 8.78. The van der Waals surface area contributed by atoms with Gasteiger partial charge in [-0.05, 0) is 36.1 Å². The molecule has 7 heterocycles. The normalized spacial score (nSPS) is 32.4. The fourth-order valence-corrected chi connectivity index (χ4v) is 11.2. The van der Waals surface area contributed by atoms with E-state index in [-0.39, 0.29) is 37.5 Å². The minimum Gasteiger partial charge on any atom is -0.473 e. The van der Waals surface area contributed by atoms with Crippen LogP contribution in [0.5, 0.6) is 0 Å². The number of ether oxygens (including phenoxy) is 4. The van der Waals surface area contributed by atoms with E-state index in [2.05, 4.69) is 13.8 Å². The Kier molecular flexibility index (Phi) is 10.5. The number of fused-ring (bicyclic) bond motifs is 3. The second kappa shape index (κ2) is 14.5. The number of esters is 2. The quantitative estimate of drug-likeness (QED) is 0.150. The van der Waals surface area contributed by atoms with Crippen molar-refractivity contribution in [3.63, 3.8) is 0 Å². The summed E-state index contributed by atoms with van der Waals surface area (Å²) in [4.78, 5) is 56.0. The van der Waals surface area contributed by atoms with Gasteiger partial charge in [0.05, 0.1) is 62.2 Å². The highest BCUT2D eigenvalue weighted by Gasteiger charge is 2.78. The molecule has 0 aromatic rings. The molecule has 5 saturated heterocycles. The molecule has 0 radical (unpaired) electrons. The highest BCUT2D eigenvalue weighted by atomic mass is 33.1. The van der Waals surface area contributed by atoms with Crippen LogP contribution in [0.25, 0.3) is 0 Å². The van der Waals surface area contributed by atoms with Crippen LogP contribution in [0.4, 0.5) is 0 Å². The highest BCUT2D eigenvalue weighted by Crippen LogP contribution is 2.69. The van der Waals surface area contributed by atoms with Crippen LogP contribution >= 0.6 is 21.6 Å². The van der Waals surface area contributed by atoms with Crippen molar-refractivity contribution in [1.82, 2.24) is 9.80 Å². The second-order valence-electron chi connectivity index (χ2n) is 13.3. The first-order valence-corrected chi connectivity index (χ1v) is 19.1. The van der Waals surface area contributed by atoms with Crippen LogP contribution in [0.3, 0.4) is 0 Å². The number of carbonyl (C=O) groups is 4. The van der Waals surface area contributed by atoms with E-state index in [0.29, 0.717) is 24.0 Å². The number of unbranched alkanes of at least 4 members (excludes halogenated alkanes) is 4. The number of nitrogens with zero attached hydrogens (tertiary/aromatic N) is 2. The molecule has 5 fully saturated rings. The van der Waals surface area contributed by atoms with Crippen molar-refractivity contribution in [3.8, 4) is 0 Å². The molecule has 7 aliphatic heterocycles. The Morgan fingerprint density at radius 2 is 1.21 bits per heavy atom. The third-order valence-electron chi connectivity index (χ3n) is 9.78. The van der Waals surface area contributed by atoms with E-state index in [1.165, 1.54) is 46.6 Å². The smallest absolute Gasteiger partial charge is 0.309 e. The van der Waals surface area contributed by atoms with Crippen LogP contribution < -0.4 is 0 Å². The van der Waals surface area contributed by atoms with Crippen LogP contribution in [-0.4, -0.2) is 90.0 Å². The minimum absolute atomic E-state index is 0.147. The van der Waals surface area contributed by atoms with E-state index in [1.54, 1.807) is 22.0 Å². The first-order valence-electron chi connectivity index (χ1n) is 17.0. The maximum Gasteiger partial charge on any atom is 0.309 e. The Bertz CT molecular complexity index is 1310. The maximum atomic E-state index is 14.8. The van der Waals surface area contributed by atoms with Crippen molar-refractivity contribution in [2.24, 2.45) is 0 Å². The summed E-state index contributed by atoms with van der Waals surface area (Å²) < 4.78 is 22.9. The maximum absolute atomic E-state index is 14.8. The number of piperazine rings is 1. The zero-order valence-corrected chi connectivity index (χ0v) is 28.9. The lowest BCUT2D eigenvalue weighted by Gasteiger charge is -2.58. The molecule has 0 saturated carbocycles. The third kappa shape index (κ3) is 6.29. The molecule has 7 rings (SSSR count). The fraction of sp³-hybridized carbons (Fsp3) is 0.647. The zero-order valence-electron chi connectivity index (χ0n) is 27.3. The predicted octanol–water partition coefficient (Wildman–Crippen LogP) is 4.33. The van der Waals surface area contributed by atoms with E-state index in [0.717, 1.165) is 38.5 Å². The van der Waals surface area contributed by atoms with E-state index in [9.17, 15) is 29.4 Å². The summed E-state index contributed by atoms with van der Waals surface area (Å²) in [6.07, 6.45) is 11.8. The summed E-state index contributed by atoms with van der Waals surface area (Å²) in [5, 5.41) is 20.8. The Morgan fingerprint density at radius 3 is 1.60 bits per heavy atom. The number of carbonyl (C=O) groups excluding carboxylic acids is 4. The first-order chi connectivity index (χ1) is 23.1. The average Bonchev–Trinajstić information content (AvgIpc) is 3.41. The predicted molar refractivity (Wildman–Crippen MR) is 177 cm³/mol. The molecule has 48 heavy (non-hydrogen) atoms. The van der Waals surface area contributed by atoms with Gasteiger partial charge in [0.1, 0.15) is 12.2 Å². The molecule has 14 heteroatoms. The van der Waals surface area contributed by atoms with Gasteiger partial charge in [-0.3, -0.25) is 19.2 Å². The minimum atomic E-state index is -1.35. The van der Waals surface area contributed by atoms with Gasteiger partial charge in [0.15, 0.2) is 9.74 Å². The van der Waals surface area contributed by atoms with Crippen LogP contribution in [0.2, 0.25) is 0 Å². The molecular weight excluding hydrogens is 661 g/mol. The summed E-state index contributed by atoms with van der Waals surface area (Å²) in [5.74, 6) is -1.83. The van der Waals surface area contributed by atoms with Gasteiger partial charge in [-0.2, -0.15) is 0 Å². The second-order valence-corrected chi connectivity index (χ2v) is 15.9. The van der Waals surface area contributed by atoms with Gasteiger partial charge in [-0.1, -0.05) is 74.0 Å². The monoisotopic (exact) mass is 704 g/mol. The summed E-state index contributed by atoms with van der Waals surface area (Å²) in [6.45, 7) is 4.13. The molecule has 0 aliphatic carbocycles. The summed E-state index contributed by atoms with van der Waals surface area (Å²) in [5.41, 5.74) is 1.27. The topological polar surface area (TPSA) is 152 Å². The number of aliphatic hydroxyl groups excluding tert-OH is 2.